The Balaban J connectivity index is 1.98. The average Bonchev–Trinajstić information content (AvgIpc) is 2.39. The van der Waals surface area contributed by atoms with E-state index in [4.69, 9.17) is 10.5 Å². The van der Waals surface area contributed by atoms with Crippen LogP contribution in [0, 0.1) is 5.92 Å². The van der Waals surface area contributed by atoms with Gasteiger partial charge in [0.15, 0.2) is 0 Å². The summed E-state index contributed by atoms with van der Waals surface area (Å²) in [6.45, 7) is 6.69. The van der Waals surface area contributed by atoms with Gasteiger partial charge in [0, 0.05) is 13.0 Å². The minimum absolute atomic E-state index is 0.0568. The predicted octanol–water partition coefficient (Wildman–Crippen LogP) is 1.78. The number of unbranched alkanes of at least 4 members (excludes halogenated alkanes) is 2. The fraction of sp³-hybridized carbons (Fsp3) is 0.929. The van der Waals surface area contributed by atoms with Crippen molar-refractivity contribution >= 4 is 5.97 Å². The number of esters is 1. The van der Waals surface area contributed by atoms with E-state index in [1.807, 2.05) is 6.92 Å². The summed E-state index contributed by atoms with van der Waals surface area (Å²) in [5.41, 5.74) is 5.73. The fourth-order valence-corrected chi connectivity index (χ4v) is 2.56. The van der Waals surface area contributed by atoms with Crippen molar-refractivity contribution in [2.24, 2.45) is 11.7 Å². The molecule has 4 nitrogen and oxygen atoms in total. The molecule has 2 N–H and O–H groups in total. The molecule has 0 spiro atoms. The lowest BCUT2D eigenvalue weighted by molar-refractivity contribution is -0.143. The Bertz CT molecular complexity index is 234. The third kappa shape index (κ3) is 6.36. The van der Waals surface area contributed by atoms with E-state index in [0.29, 0.717) is 18.9 Å². The van der Waals surface area contributed by atoms with Crippen LogP contribution in [-0.2, 0) is 9.53 Å². The predicted molar refractivity (Wildman–Crippen MR) is 73.3 cm³/mol. The van der Waals surface area contributed by atoms with Crippen LogP contribution in [-0.4, -0.2) is 43.7 Å². The number of piperidine rings is 1. The summed E-state index contributed by atoms with van der Waals surface area (Å²) < 4.78 is 4.90. The van der Waals surface area contributed by atoms with Crippen LogP contribution in [0.5, 0.6) is 0 Å². The summed E-state index contributed by atoms with van der Waals surface area (Å²) in [6.07, 6.45) is 6.38. The van der Waals surface area contributed by atoms with Crippen LogP contribution in [0.15, 0.2) is 0 Å². The van der Waals surface area contributed by atoms with Crippen molar-refractivity contribution in [2.45, 2.75) is 45.4 Å². The van der Waals surface area contributed by atoms with Crippen molar-refractivity contribution in [1.29, 1.82) is 0 Å². The molecule has 1 aliphatic heterocycles. The van der Waals surface area contributed by atoms with Gasteiger partial charge in [-0.3, -0.25) is 4.79 Å². The molecule has 0 aromatic rings. The minimum Gasteiger partial charge on any atom is -0.466 e. The van der Waals surface area contributed by atoms with Crippen LogP contribution >= 0.6 is 0 Å². The van der Waals surface area contributed by atoms with E-state index < -0.39 is 0 Å². The largest absolute Gasteiger partial charge is 0.466 e. The van der Waals surface area contributed by atoms with Gasteiger partial charge in [-0.1, -0.05) is 6.42 Å². The Hall–Kier alpha value is -0.610. The zero-order valence-corrected chi connectivity index (χ0v) is 11.7. The van der Waals surface area contributed by atoms with Crippen LogP contribution in [0.25, 0.3) is 0 Å². The molecule has 1 unspecified atom stereocenters. The molecule has 0 aromatic heterocycles. The van der Waals surface area contributed by atoms with Crippen LogP contribution in [0.1, 0.15) is 45.4 Å². The summed E-state index contributed by atoms with van der Waals surface area (Å²) in [5, 5.41) is 0. The maximum absolute atomic E-state index is 11.1. The molecule has 1 saturated heterocycles. The Morgan fingerprint density at radius 2 is 2.22 bits per heavy atom. The SMILES string of the molecule is CCOC(=O)CCCCCN1CCCC(CN)C1. The van der Waals surface area contributed by atoms with E-state index >= 15 is 0 Å². The maximum atomic E-state index is 11.1. The molecule has 1 aliphatic rings. The number of nitrogens with zero attached hydrogens (tertiary/aromatic N) is 1. The first-order valence-electron chi connectivity index (χ1n) is 7.34. The van der Waals surface area contributed by atoms with E-state index in [9.17, 15) is 4.79 Å². The first-order valence-corrected chi connectivity index (χ1v) is 7.34. The molecule has 0 amide bonds. The van der Waals surface area contributed by atoms with Crippen LogP contribution in [0.2, 0.25) is 0 Å². The lowest BCUT2D eigenvalue weighted by atomic mass is 9.98. The first-order chi connectivity index (χ1) is 8.76. The van der Waals surface area contributed by atoms with E-state index in [-0.39, 0.29) is 5.97 Å². The molecule has 0 radical (unpaired) electrons. The zero-order chi connectivity index (χ0) is 13.2. The standard InChI is InChI=1S/C14H28N2O2/c1-2-18-14(17)8-4-3-5-9-16-10-6-7-13(11-15)12-16/h13H,2-12,15H2,1H3. The highest BCUT2D eigenvalue weighted by Crippen LogP contribution is 2.15. The third-order valence-electron chi connectivity index (χ3n) is 3.60. The summed E-state index contributed by atoms with van der Waals surface area (Å²) >= 11 is 0. The Morgan fingerprint density at radius 3 is 2.94 bits per heavy atom. The molecule has 1 rings (SSSR count). The minimum atomic E-state index is -0.0568. The van der Waals surface area contributed by atoms with Gasteiger partial charge in [0.1, 0.15) is 0 Å². The second-order valence-corrected chi connectivity index (χ2v) is 5.16. The third-order valence-corrected chi connectivity index (χ3v) is 3.60. The fourth-order valence-electron chi connectivity index (χ4n) is 2.56. The molecular weight excluding hydrogens is 228 g/mol. The van der Waals surface area contributed by atoms with Gasteiger partial charge in [-0.15, -0.1) is 0 Å². The molecule has 4 heteroatoms. The Morgan fingerprint density at radius 1 is 1.39 bits per heavy atom. The Kier molecular flexibility index (Phi) is 8.01. The van der Waals surface area contributed by atoms with Gasteiger partial charge >= 0.3 is 5.97 Å². The number of rotatable bonds is 8. The highest BCUT2D eigenvalue weighted by atomic mass is 16.5. The van der Waals surface area contributed by atoms with Crippen molar-refractivity contribution < 1.29 is 9.53 Å². The van der Waals surface area contributed by atoms with E-state index in [1.54, 1.807) is 0 Å². The van der Waals surface area contributed by atoms with Gasteiger partial charge in [-0.2, -0.15) is 0 Å². The molecule has 1 heterocycles. The highest BCUT2D eigenvalue weighted by Gasteiger charge is 2.17. The molecule has 106 valence electrons. The number of likely N-dealkylation sites (tertiary alicyclic amines) is 1. The molecule has 0 aromatic carbocycles. The number of nitrogens with two attached hydrogens (primary N) is 1. The van der Waals surface area contributed by atoms with Gasteiger partial charge in [0.25, 0.3) is 0 Å². The van der Waals surface area contributed by atoms with Crippen LogP contribution in [0.4, 0.5) is 0 Å². The molecule has 18 heavy (non-hydrogen) atoms. The molecule has 0 aliphatic carbocycles. The van der Waals surface area contributed by atoms with Crippen LogP contribution < -0.4 is 5.73 Å². The Labute approximate surface area is 111 Å². The number of ether oxygens (including phenoxy) is 1. The molecular formula is C14H28N2O2. The average molecular weight is 256 g/mol. The zero-order valence-electron chi connectivity index (χ0n) is 11.7. The highest BCUT2D eigenvalue weighted by molar-refractivity contribution is 5.69. The summed E-state index contributed by atoms with van der Waals surface area (Å²) in [6, 6.07) is 0. The monoisotopic (exact) mass is 256 g/mol. The summed E-state index contributed by atoms with van der Waals surface area (Å²) in [5.74, 6) is 0.636. The van der Waals surface area contributed by atoms with Crippen molar-refractivity contribution in [2.75, 3.05) is 32.8 Å². The van der Waals surface area contributed by atoms with Crippen molar-refractivity contribution in [1.82, 2.24) is 4.90 Å². The van der Waals surface area contributed by atoms with E-state index in [2.05, 4.69) is 4.90 Å². The topological polar surface area (TPSA) is 55.6 Å². The number of hydrogen-bond acceptors (Lipinski definition) is 4. The van der Waals surface area contributed by atoms with E-state index in [0.717, 1.165) is 32.5 Å². The molecule has 1 atom stereocenters. The van der Waals surface area contributed by atoms with Crippen LogP contribution in [0.3, 0.4) is 0 Å². The first kappa shape index (κ1) is 15.4. The number of carbonyl (C=O) groups excluding carboxylic acids is 1. The van der Waals surface area contributed by atoms with Gasteiger partial charge in [0.2, 0.25) is 0 Å². The summed E-state index contributed by atoms with van der Waals surface area (Å²) in [7, 11) is 0. The normalized spacial score (nSPS) is 20.9. The second kappa shape index (κ2) is 9.34. The summed E-state index contributed by atoms with van der Waals surface area (Å²) in [4.78, 5) is 13.7. The molecule has 0 saturated carbocycles. The lowest BCUT2D eigenvalue weighted by Crippen LogP contribution is -2.38. The molecule has 1 fully saturated rings. The quantitative estimate of drug-likeness (QED) is 0.531. The van der Waals surface area contributed by atoms with Gasteiger partial charge in [-0.25, -0.2) is 0 Å². The number of carbonyl (C=O) groups is 1. The van der Waals surface area contributed by atoms with Crippen molar-refractivity contribution in [3.05, 3.63) is 0 Å². The van der Waals surface area contributed by atoms with E-state index in [1.165, 1.54) is 25.8 Å². The maximum Gasteiger partial charge on any atom is 0.305 e. The lowest BCUT2D eigenvalue weighted by Gasteiger charge is -2.32. The van der Waals surface area contributed by atoms with Crippen molar-refractivity contribution in [3.63, 3.8) is 0 Å². The van der Waals surface area contributed by atoms with Gasteiger partial charge in [-0.05, 0) is 58.2 Å². The molecule has 0 bridgehead atoms. The van der Waals surface area contributed by atoms with Gasteiger partial charge < -0.3 is 15.4 Å². The smallest absolute Gasteiger partial charge is 0.305 e. The second-order valence-electron chi connectivity index (χ2n) is 5.16. The van der Waals surface area contributed by atoms with Crippen molar-refractivity contribution in [3.8, 4) is 0 Å². The number of hydrogen-bond donors (Lipinski definition) is 1. The van der Waals surface area contributed by atoms with Gasteiger partial charge in [0.05, 0.1) is 6.61 Å².